The highest BCUT2D eigenvalue weighted by molar-refractivity contribution is 5.99. The summed E-state index contributed by atoms with van der Waals surface area (Å²) in [6.07, 6.45) is 4.61. The zero-order chi connectivity index (χ0) is 14.0. The minimum Gasteiger partial charge on any atom is -0.399 e. The lowest BCUT2D eigenvalue weighted by Crippen LogP contribution is -2.30. The Kier molecular flexibility index (Phi) is 3.69. The van der Waals surface area contributed by atoms with Crippen molar-refractivity contribution < 1.29 is 4.79 Å². The highest BCUT2D eigenvalue weighted by Gasteiger charge is 2.27. The van der Waals surface area contributed by atoms with Gasteiger partial charge in [0.25, 0.3) is 5.91 Å². The van der Waals surface area contributed by atoms with Gasteiger partial charge >= 0.3 is 0 Å². The molecule has 0 atom stereocenters. The molecule has 0 radical (unpaired) electrons. The van der Waals surface area contributed by atoms with Crippen molar-refractivity contribution >= 4 is 17.3 Å². The fourth-order valence-corrected chi connectivity index (χ4v) is 2.66. The predicted octanol–water partition coefficient (Wildman–Crippen LogP) is 2.75. The molecule has 0 saturated heterocycles. The predicted molar refractivity (Wildman–Crippen MR) is 79.0 cm³/mol. The first-order valence-electron chi connectivity index (χ1n) is 6.83. The number of amides is 1. The number of anilines is 2. The van der Waals surface area contributed by atoms with Gasteiger partial charge in [-0.15, -0.1) is 0 Å². The molecule has 1 aromatic rings. The van der Waals surface area contributed by atoms with E-state index in [0.717, 1.165) is 18.5 Å². The summed E-state index contributed by atoms with van der Waals surface area (Å²) in [5, 5.41) is 3.43. The number of hydrogen-bond donors (Lipinski definition) is 3. The molecule has 0 unspecified atom stereocenters. The fourth-order valence-electron chi connectivity index (χ4n) is 2.66. The average molecular weight is 261 g/mol. The minimum atomic E-state index is -0.418. The highest BCUT2D eigenvalue weighted by atomic mass is 16.1. The van der Waals surface area contributed by atoms with Gasteiger partial charge in [0.15, 0.2) is 0 Å². The fraction of sp³-hybridized carbons (Fsp3) is 0.533. The third-order valence-corrected chi connectivity index (χ3v) is 4.01. The second-order valence-corrected chi connectivity index (χ2v) is 6.25. The van der Waals surface area contributed by atoms with Gasteiger partial charge in [-0.1, -0.05) is 13.8 Å². The van der Waals surface area contributed by atoms with Crippen molar-refractivity contribution in [3.8, 4) is 0 Å². The summed E-state index contributed by atoms with van der Waals surface area (Å²) in [5.41, 5.74) is 13.5. The summed E-state index contributed by atoms with van der Waals surface area (Å²) in [7, 11) is 0. The van der Waals surface area contributed by atoms with E-state index in [9.17, 15) is 4.79 Å². The van der Waals surface area contributed by atoms with Crippen LogP contribution in [0.15, 0.2) is 18.2 Å². The number of nitrogens with one attached hydrogen (secondary N) is 1. The van der Waals surface area contributed by atoms with Gasteiger partial charge in [0, 0.05) is 17.4 Å². The minimum absolute atomic E-state index is 0.396. The molecule has 1 saturated carbocycles. The van der Waals surface area contributed by atoms with E-state index in [-0.39, 0.29) is 0 Å². The van der Waals surface area contributed by atoms with Gasteiger partial charge in [-0.2, -0.15) is 0 Å². The first-order valence-corrected chi connectivity index (χ1v) is 6.83. The van der Waals surface area contributed by atoms with E-state index >= 15 is 0 Å². The van der Waals surface area contributed by atoms with E-state index in [4.69, 9.17) is 11.5 Å². The highest BCUT2D eigenvalue weighted by Crippen LogP contribution is 2.36. The Bertz CT molecular complexity index is 472. The Morgan fingerprint density at radius 3 is 2.53 bits per heavy atom. The van der Waals surface area contributed by atoms with Gasteiger partial charge in [-0.3, -0.25) is 4.79 Å². The molecule has 19 heavy (non-hydrogen) atoms. The van der Waals surface area contributed by atoms with Crippen LogP contribution in [-0.2, 0) is 0 Å². The molecule has 4 nitrogen and oxygen atoms in total. The summed E-state index contributed by atoms with van der Waals surface area (Å²) in [6.45, 7) is 4.61. The third-order valence-electron chi connectivity index (χ3n) is 4.01. The molecule has 104 valence electrons. The maximum atomic E-state index is 11.4. The number of nitrogen functional groups attached to an aromatic ring is 1. The van der Waals surface area contributed by atoms with Gasteiger partial charge in [-0.05, 0) is 49.3 Å². The van der Waals surface area contributed by atoms with Crippen LogP contribution in [0, 0.1) is 5.41 Å². The van der Waals surface area contributed by atoms with Crippen LogP contribution >= 0.6 is 0 Å². The van der Waals surface area contributed by atoms with E-state index in [1.54, 1.807) is 18.2 Å². The molecule has 1 aromatic carbocycles. The summed E-state index contributed by atoms with van der Waals surface area (Å²) >= 11 is 0. The van der Waals surface area contributed by atoms with Crippen molar-refractivity contribution in [1.29, 1.82) is 0 Å². The van der Waals surface area contributed by atoms with Gasteiger partial charge in [0.1, 0.15) is 0 Å². The van der Waals surface area contributed by atoms with Crippen LogP contribution in [0.25, 0.3) is 0 Å². The van der Waals surface area contributed by atoms with Gasteiger partial charge in [0.2, 0.25) is 0 Å². The van der Waals surface area contributed by atoms with Crippen LogP contribution in [0.4, 0.5) is 11.4 Å². The normalized spacial score (nSPS) is 19.1. The number of rotatable bonds is 3. The Morgan fingerprint density at radius 1 is 1.32 bits per heavy atom. The molecule has 1 fully saturated rings. The van der Waals surface area contributed by atoms with Crippen LogP contribution in [0.2, 0.25) is 0 Å². The van der Waals surface area contributed by atoms with Crippen molar-refractivity contribution in [3.05, 3.63) is 23.8 Å². The first-order chi connectivity index (χ1) is 8.87. The quantitative estimate of drug-likeness (QED) is 0.732. The summed E-state index contributed by atoms with van der Waals surface area (Å²) in [6, 6.07) is 5.58. The Hall–Kier alpha value is -1.71. The molecule has 0 aliphatic heterocycles. The van der Waals surface area contributed by atoms with E-state index in [1.807, 2.05) is 0 Å². The molecule has 0 spiro atoms. The van der Waals surface area contributed by atoms with Gasteiger partial charge in [-0.25, -0.2) is 0 Å². The van der Waals surface area contributed by atoms with Crippen LogP contribution < -0.4 is 16.8 Å². The number of carbonyl (C=O) groups excluding carboxylic acids is 1. The van der Waals surface area contributed by atoms with Crippen molar-refractivity contribution in [2.45, 2.75) is 45.6 Å². The molecule has 0 heterocycles. The second kappa shape index (κ2) is 5.11. The topological polar surface area (TPSA) is 81.1 Å². The number of nitrogens with two attached hydrogens (primary N) is 2. The molecular weight excluding hydrogens is 238 g/mol. The van der Waals surface area contributed by atoms with Crippen LogP contribution in [0.5, 0.6) is 0 Å². The lowest BCUT2D eigenvalue weighted by Gasteiger charge is -2.35. The Morgan fingerprint density at radius 2 is 1.95 bits per heavy atom. The number of carbonyl (C=O) groups is 1. The monoisotopic (exact) mass is 261 g/mol. The van der Waals surface area contributed by atoms with E-state index in [1.165, 1.54) is 12.8 Å². The summed E-state index contributed by atoms with van der Waals surface area (Å²) in [4.78, 5) is 11.4. The van der Waals surface area contributed by atoms with E-state index in [2.05, 4.69) is 19.2 Å². The zero-order valence-electron chi connectivity index (χ0n) is 11.7. The number of primary amides is 1. The van der Waals surface area contributed by atoms with Crippen molar-refractivity contribution in [1.82, 2.24) is 0 Å². The van der Waals surface area contributed by atoms with Crippen LogP contribution in [0.3, 0.4) is 0 Å². The zero-order valence-corrected chi connectivity index (χ0v) is 11.7. The van der Waals surface area contributed by atoms with Gasteiger partial charge < -0.3 is 16.8 Å². The SMILES string of the molecule is CC1(C)CCC(Nc2cc(N)ccc2C(N)=O)CC1. The molecule has 5 N–H and O–H groups in total. The van der Waals surface area contributed by atoms with Gasteiger partial charge in [0.05, 0.1) is 5.56 Å². The number of benzene rings is 1. The molecule has 2 rings (SSSR count). The van der Waals surface area contributed by atoms with E-state index in [0.29, 0.717) is 22.7 Å². The lowest BCUT2D eigenvalue weighted by atomic mass is 9.75. The summed E-state index contributed by atoms with van der Waals surface area (Å²) < 4.78 is 0. The second-order valence-electron chi connectivity index (χ2n) is 6.25. The third kappa shape index (κ3) is 3.40. The Balaban J connectivity index is 2.11. The molecule has 1 aliphatic carbocycles. The maximum absolute atomic E-state index is 11.4. The maximum Gasteiger partial charge on any atom is 0.250 e. The standard InChI is InChI=1S/C15H23N3O/c1-15(2)7-5-11(6-8-15)18-13-9-10(16)3-4-12(13)14(17)19/h3-4,9,11,18H,5-8,16H2,1-2H3,(H2,17,19). The van der Waals surface area contributed by atoms with Crippen LogP contribution in [-0.4, -0.2) is 11.9 Å². The lowest BCUT2D eigenvalue weighted by molar-refractivity contribution is 0.100. The van der Waals surface area contributed by atoms with Crippen molar-refractivity contribution in [2.75, 3.05) is 11.1 Å². The largest absolute Gasteiger partial charge is 0.399 e. The molecule has 0 aromatic heterocycles. The van der Waals surface area contributed by atoms with Crippen molar-refractivity contribution in [2.24, 2.45) is 11.1 Å². The summed E-state index contributed by atoms with van der Waals surface area (Å²) in [5.74, 6) is -0.418. The van der Waals surface area contributed by atoms with Crippen LogP contribution in [0.1, 0.15) is 49.9 Å². The Labute approximate surface area is 114 Å². The molecular formula is C15H23N3O. The average Bonchev–Trinajstić information content (AvgIpc) is 2.31. The molecule has 0 bridgehead atoms. The molecule has 1 amide bonds. The first kappa shape index (κ1) is 13.7. The molecule has 4 heteroatoms. The number of hydrogen-bond acceptors (Lipinski definition) is 3. The smallest absolute Gasteiger partial charge is 0.250 e. The van der Waals surface area contributed by atoms with Crippen molar-refractivity contribution in [3.63, 3.8) is 0 Å². The van der Waals surface area contributed by atoms with E-state index < -0.39 is 5.91 Å². The molecule has 1 aliphatic rings.